The highest BCUT2D eigenvalue weighted by Crippen LogP contribution is 2.28. The van der Waals surface area contributed by atoms with Crippen molar-refractivity contribution in [1.29, 1.82) is 0 Å². The molecule has 0 aliphatic carbocycles. The number of esters is 2. The fourth-order valence-electron chi connectivity index (χ4n) is 1.72. The monoisotopic (exact) mass is 329 g/mol. The van der Waals surface area contributed by atoms with Gasteiger partial charge in [-0.1, -0.05) is 24.6 Å². The minimum Gasteiger partial charge on any atom is -0.466 e. The van der Waals surface area contributed by atoms with E-state index in [1.54, 1.807) is 13.8 Å². The second-order valence-electron chi connectivity index (χ2n) is 4.53. The number of nitro benzene ring substituents is 1. The molecule has 0 radical (unpaired) electrons. The molecule has 0 amide bonds. The molecule has 1 rings (SSSR count). The fraction of sp³-hybridized carbons (Fsp3) is 0.429. The van der Waals surface area contributed by atoms with Crippen LogP contribution in [0.15, 0.2) is 18.2 Å². The first-order chi connectivity index (χ1) is 10.3. The number of benzene rings is 1. The lowest BCUT2D eigenvalue weighted by atomic mass is 10.0. The van der Waals surface area contributed by atoms with E-state index in [2.05, 4.69) is 4.74 Å². The van der Waals surface area contributed by atoms with Gasteiger partial charge in [0.15, 0.2) is 0 Å². The summed E-state index contributed by atoms with van der Waals surface area (Å²) in [6, 6.07) is 4.09. The summed E-state index contributed by atoms with van der Waals surface area (Å²) in [6.07, 6.45) is -0.450. The molecule has 7 nitrogen and oxygen atoms in total. The van der Waals surface area contributed by atoms with Gasteiger partial charge in [0.05, 0.1) is 23.2 Å². The summed E-state index contributed by atoms with van der Waals surface area (Å²) in [4.78, 5) is 32.7. The summed E-state index contributed by atoms with van der Waals surface area (Å²) in [5.41, 5.74) is 0.511. The van der Waals surface area contributed by atoms with Crippen LogP contribution in [-0.4, -0.2) is 30.1 Å². The Labute approximate surface area is 132 Å². The molecule has 120 valence electrons. The first-order valence-corrected chi connectivity index (χ1v) is 6.98. The smallest absolute Gasteiger partial charge is 0.317 e. The number of carbonyl (C=O) groups is 2. The summed E-state index contributed by atoms with van der Waals surface area (Å²) < 4.78 is 9.61. The van der Waals surface area contributed by atoms with E-state index in [4.69, 9.17) is 16.3 Å². The van der Waals surface area contributed by atoms with Crippen LogP contribution >= 0.6 is 11.6 Å². The van der Waals surface area contributed by atoms with Crippen molar-refractivity contribution in [2.24, 2.45) is 0 Å². The number of rotatable bonds is 7. The molecule has 0 aliphatic heterocycles. The van der Waals surface area contributed by atoms with Crippen LogP contribution in [0.1, 0.15) is 31.7 Å². The van der Waals surface area contributed by atoms with Crippen LogP contribution in [-0.2, 0) is 19.1 Å². The normalized spacial score (nSPS) is 11.6. The number of ether oxygens (including phenoxy) is 2. The van der Waals surface area contributed by atoms with Crippen LogP contribution < -0.4 is 0 Å². The van der Waals surface area contributed by atoms with E-state index in [0.717, 1.165) is 0 Å². The van der Waals surface area contributed by atoms with Gasteiger partial charge in [-0.15, -0.1) is 0 Å². The first-order valence-electron chi connectivity index (χ1n) is 6.60. The van der Waals surface area contributed by atoms with Gasteiger partial charge in [-0.25, -0.2) is 0 Å². The Morgan fingerprint density at radius 2 is 1.95 bits per heavy atom. The van der Waals surface area contributed by atoms with E-state index in [1.807, 2.05) is 0 Å². The predicted octanol–water partition coefficient (Wildman–Crippen LogP) is 2.85. The highest BCUT2D eigenvalue weighted by atomic mass is 35.5. The summed E-state index contributed by atoms with van der Waals surface area (Å²) in [7, 11) is 0. The molecule has 1 aromatic carbocycles. The van der Waals surface area contributed by atoms with Crippen LogP contribution in [0.25, 0.3) is 0 Å². The molecule has 0 bridgehead atoms. The Balaban J connectivity index is 2.58. The minimum absolute atomic E-state index is 0.00969. The van der Waals surface area contributed by atoms with Gasteiger partial charge in [-0.3, -0.25) is 19.7 Å². The standard InChI is InChI=1S/C14H16ClNO6/c1-3-21-13(17)7-14(18)22-8-9(2)11-5-4-10(16(19)20)6-12(11)15/h4-6,9H,3,7-8H2,1-2H3. The van der Waals surface area contributed by atoms with Crippen molar-refractivity contribution in [3.63, 3.8) is 0 Å². The number of nitro groups is 1. The molecule has 0 fully saturated rings. The number of nitrogens with zero attached hydrogens (tertiary/aromatic N) is 1. The summed E-state index contributed by atoms with van der Waals surface area (Å²) in [5.74, 6) is -1.60. The summed E-state index contributed by atoms with van der Waals surface area (Å²) in [5, 5.41) is 10.9. The van der Waals surface area contributed by atoms with E-state index in [1.165, 1.54) is 18.2 Å². The van der Waals surface area contributed by atoms with Crippen molar-refractivity contribution in [2.45, 2.75) is 26.2 Å². The van der Waals surface area contributed by atoms with Crippen molar-refractivity contribution >= 4 is 29.2 Å². The van der Waals surface area contributed by atoms with Crippen molar-refractivity contribution in [2.75, 3.05) is 13.2 Å². The van der Waals surface area contributed by atoms with Gasteiger partial charge in [-0.05, 0) is 12.5 Å². The maximum absolute atomic E-state index is 11.4. The van der Waals surface area contributed by atoms with Gasteiger partial charge in [0.25, 0.3) is 5.69 Å². The molecule has 8 heteroatoms. The molecule has 0 saturated heterocycles. The van der Waals surface area contributed by atoms with Gasteiger partial charge in [-0.2, -0.15) is 0 Å². The van der Waals surface area contributed by atoms with Crippen LogP contribution in [0.4, 0.5) is 5.69 Å². The minimum atomic E-state index is -0.691. The lowest BCUT2D eigenvalue weighted by molar-refractivity contribution is -0.384. The molecule has 1 aromatic rings. The second kappa shape index (κ2) is 8.33. The fourth-order valence-corrected chi connectivity index (χ4v) is 2.08. The molecular formula is C14H16ClNO6. The Kier molecular flexibility index (Phi) is 6.78. The average Bonchev–Trinajstić information content (AvgIpc) is 2.44. The maximum Gasteiger partial charge on any atom is 0.317 e. The van der Waals surface area contributed by atoms with Gasteiger partial charge in [0.1, 0.15) is 6.42 Å². The topological polar surface area (TPSA) is 95.7 Å². The van der Waals surface area contributed by atoms with Crippen molar-refractivity contribution in [3.8, 4) is 0 Å². The second-order valence-corrected chi connectivity index (χ2v) is 4.94. The quantitative estimate of drug-likeness (QED) is 0.330. The molecule has 0 aliphatic rings. The van der Waals surface area contributed by atoms with Crippen LogP contribution in [0.2, 0.25) is 5.02 Å². The van der Waals surface area contributed by atoms with Gasteiger partial charge < -0.3 is 9.47 Å². The first kappa shape index (κ1) is 17.9. The van der Waals surface area contributed by atoms with Gasteiger partial charge in [0.2, 0.25) is 0 Å². The lowest BCUT2D eigenvalue weighted by Gasteiger charge is -2.13. The predicted molar refractivity (Wildman–Crippen MR) is 78.7 cm³/mol. The highest BCUT2D eigenvalue weighted by Gasteiger charge is 2.17. The zero-order chi connectivity index (χ0) is 16.7. The molecule has 0 N–H and O–H groups in total. The average molecular weight is 330 g/mol. The summed E-state index contributed by atoms with van der Waals surface area (Å²) in [6.45, 7) is 3.60. The Bertz CT molecular complexity index is 574. The third-order valence-electron chi connectivity index (χ3n) is 2.81. The Morgan fingerprint density at radius 3 is 2.50 bits per heavy atom. The Hall–Kier alpha value is -2.15. The Morgan fingerprint density at radius 1 is 1.32 bits per heavy atom. The highest BCUT2D eigenvalue weighted by molar-refractivity contribution is 6.31. The molecule has 1 atom stereocenters. The number of non-ortho nitro benzene ring substituents is 1. The number of hydrogen-bond donors (Lipinski definition) is 0. The SMILES string of the molecule is CCOC(=O)CC(=O)OCC(C)c1ccc([N+](=O)[O-])cc1Cl. The number of halogens is 1. The molecular weight excluding hydrogens is 314 g/mol. The third kappa shape index (κ3) is 5.33. The van der Waals surface area contributed by atoms with E-state index < -0.39 is 23.3 Å². The van der Waals surface area contributed by atoms with Crippen LogP contribution in [0, 0.1) is 10.1 Å². The zero-order valence-corrected chi connectivity index (χ0v) is 13.0. The lowest BCUT2D eigenvalue weighted by Crippen LogP contribution is -2.16. The van der Waals surface area contributed by atoms with E-state index in [0.29, 0.717) is 5.56 Å². The molecule has 22 heavy (non-hydrogen) atoms. The van der Waals surface area contributed by atoms with E-state index in [-0.39, 0.29) is 29.8 Å². The summed E-state index contributed by atoms with van der Waals surface area (Å²) >= 11 is 5.99. The molecule has 1 unspecified atom stereocenters. The molecule has 0 aromatic heterocycles. The van der Waals surface area contributed by atoms with E-state index >= 15 is 0 Å². The molecule has 0 saturated carbocycles. The maximum atomic E-state index is 11.4. The van der Waals surface area contributed by atoms with Gasteiger partial charge in [0, 0.05) is 18.1 Å². The van der Waals surface area contributed by atoms with Crippen molar-refractivity contribution in [3.05, 3.63) is 38.9 Å². The number of hydrogen-bond acceptors (Lipinski definition) is 6. The molecule has 0 heterocycles. The largest absolute Gasteiger partial charge is 0.466 e. The van der Waals surface area contributed by atoms with Gasteiger partial charge >= 0.3 is 11.9 Å². The van der Waals surface area contributed by atoms with Crippen molar-refractivity contribution in [1.82, 2.24) is 0 Å². The van der Waals surface area contributed by atoms with Crippen molar-refractivity contribution < 1.29 is 24.0 Å². The molecule has 0 spiro atoms. The van der Waals surface area contributed by atoms with E-state index in [9.17, 15) is 19.7 Å². The zero-order valence-electron chi connectivity index (χ0n) is 12.2. The third-order valence-corrected chi connectivity index (χ3v) is 3.14. The number of carbonyl (C=O) groups excluding carboxylic acids is 2. The van der Waals surface area contributed by atoms with Crippen LogP contribution in [0.3, 0.4) is 0 Å². The van der Waals surface area contributed by atoms with Crippen LogP contribution in [0.5, 0.6) is 0 Å².